The summed E-state index contributed by atoms with van der Waals surface area (Å²) < 4.78 is 23.4. The van der Waals surface area contributed by atoms with Gasteiger partial charge in [0.15, 0.2) is 6.61 Å². The van der Waals surface area contributed by atoms with Crippen molar-refractivity contribution in [3.8, 4) is 5.75 Å². The molecule has 0 amide bonds. The van der Waals surface area contributed by atoms with E-state index in [1.165, 1.54) is 12.1 Å². The Morgan fingerprint density at radius 2 is 2.21 bits per heavy atom. The molecule has 0 unspecified atom stereocenters. The van der Waals surface area contributed by atoms with E-state index in [2.05, 4.69) is 0 Å². The number of rotatable bonds is 7. The van der Waals surface area contributed by atoms with Gasteiger partial charge in [0.25, 0.3) is 0 Å². The standard InChI is InChI=1S/C14H20FNO3/c1-3-4-7-18-14(17)9-19-13-8-11(15)5-6-12(13)10(2)16/h5-6,8,10H,3-4,7,9,16H2,1-2H3/t10-/m1/s1. The zero-order valence-corrected chi connectivity index (χ0v) is 11.3. The van der Waals surface area contributed by atoms with Crippen LogP contribution < -0.4 is 10.5 Å². The number of hydrogen-bond donors (Lipinski definition) is 1. The molecule has 1 aromatic carbocycles. The lowest BCUT2D eigenvalue weighted by atomic mass is 10.1. The Bertz CT molecular complexity index is 421. The highest BCUT2D eigenvalue weighted by Crippen LogP contribution is 2.24. The molecular formula is C14H20FNO3. The first kappa shape index (κ1) is 15.4. The summed E-state index contributed by atoms with van der Waals surface area (Å²) in [6.07, 6.45) is 1.77. The van der Waals surface area contributed by atoms with Gasteiger partial charge in [-0.05, 0) is 19.4 Å². The fraction of sp³-hybridized carbons (Fsp3) is 0.500. The minimum Gasteiger partial charge on any atom is -0.481 e. The van der Waals surface area contributed by atoms with Crippen molar-refractivity contribution in [1.82, 2.24) is 0 Å². The Labute approximate surface area is 112 Å². The van der Waals surface area contributed by atoms with Crippen molar-refractivity contribution < 1.29 is 18.7 Å². The van der Waals surface area contributed by atoms with Gasteiger partial charge in [0.05, 0.1) is 6.61 Å². The van der Waals surface area contributed by atoms with Crippen molar-refractivity contribution in [2.45, 2.75) is 32.7 Å². The number of halogens is 1. The van der Waals surface area contributed by atoms with Crippen LogP contribution in [0.2, 0.25) is 0 Å². The molecule has 1 aromatic rings. The van der Waals surface area contributed by atoms with Gasteiger partial charge < -0.3 is 15.2 Å². The van der Waals surface area contributed by atoms with Crippen LogP contribution in [0.15, 0.2) is 18.2 Å². The summed E-state index contributed by atoms with van der Waals surface area (Å²) >= 11 is 0. The van der Waals surface area contributed by atoms with E-state index in [0.717, 1.165) is 12.8 Å². The van der Waals surface area contributed by atoms with Gasteiger partial charge in [-0.3, -0.25) is 0 Å². The van der Waals surface area contributed by atoms with E-state index >= 15 is 0 Å². The Kier molecular flexibility index (Phi) is 6.29. The van der Waals surface area contributed by atoms with Crippen LogP contribution in [-0.2, 0) is 9.53 Å². The zero-order valence-electron chi connectivity index (χ0n) is 11.3. The van der Waals surface area contributed by atoms with E-state index < -0.39 is 11.8 Å². The van der Waals surface area contributed by atoms with Crippen molar-refractivity contribution in [2.75, 3.05) is 13.2 Å². The minimum atomic E-state index is -0.465. The van der Waals surface area contributed by atoms with Crippen LogP contribution in [0.3, 0.4) is 0 Å². The van der Waals surface area contributed by atoms with E-state index in [-0.39, 0.29) is 18.4 Å². The fourth-order valence-electron chi connectivity index (χ4n) is 1.52. The molecule has 2 N–H and O–H groups in total. The second kappa shape index (κ2) is 7.74. The van der Waals surface area contributed by atoms with Crippen LogP contribution in [0, 0.1) is 5.82 Å². The van der Waals surface area contributed by atoms with E-state index in [1.807, 2.05) is 6.92 Å². The lowest BCUT2D eigenvalue weighted by Crippen LogP contribution is -2.17. The average molecular weight is 269 g/mol. The highest BCUT2D eigenvalue weighted by Gasteiger charge is 2.11. The molecule has 0 heterocycles. The highest BCUT2D eigenvalue weighted by atomic mass is 19.1. The number of carbonyl (C=O) groups is 1. The Balaban J connectivity index is 2.56. The molecule has 0 radical (unpaired) electrons. The molecule has 0 spiro atoms. The maximum atomic E-state index is 13.1. The number of ether oxygens (including phenoxy) is 2. The van der Waals surface area contributed by atoms with Crippen LogP contribution in [0.25, 0.3) is 0 Å². The van der Waals surface area contributed by atoms with Crippen molar-refractivity contribution in [3.05, 3.63) is 29.6 Å². The Hall–Kier alpha value is -1.62. The summed E-state index contributed by atoms with van der Waals surface area (Å²) in [4.78, 5) is 11.4. The molecule has 0 saturated heterocycles. The monoisotopic (exact) mass is 269 g/mol. The average Bonchev–Trinajstić information content (AvgIpc) is 2.36. The Morgan fingerprint density at radius 1 is 1.47 bits per heavy atom. The normalized spacial score (nSPS) is 12.0. The summed E-state index contributed by atoms with van der Waals surface area (Å²) in [6, 6.07) is 3.78. The second-order valence-corrected chi connectivity index (χ2v) is 4.33. The predicted molar refractivity (Wildman–Crippen MR) is 70.4 cm³/mol. The summed E-state index contributed by atoms with van der Waals surface area (Å²) in [5.74, 6) is -0.616. The summed E-state index contributed by atoms with van der Waals surface area (Å²) in [5, 5.41) is 0. The van der Waals surface area contributed by atoms with Gasteiger partial charge in [-0.1, -0.05) is 19.4 Å². The molecule has 1 rings (SSSR count). The number of unbranched alkanes of at least 4 members (excludes halogenated alkanes) is 1. The van der Waals surface area contributed by atoms with Crippen LogP contribution in [0.4, 0.5) is 4.39 Å². The third-order valence-electron chi connectivity index (χ3n) is 2.57. The van der Waals surface area contributed by atoms with E-state index in [4.69, 9.17) is 15.2 Å². The Morgan fingerprint density at radius 3 is 2.84 bits per heavy atom. The maximum absolute atomic E-state index is 13.1. The molecule has 0 aromatic heterocycles. The molecule has 0 saturated carbocycles. The topological polar surface area (TPSA) is 61.5 Å². The molecule has 0 fully saturated rings. The third-order valence-corrected chi connectivity index (χ3v) is 2.57. The second-order valence-electron chi connectivity index (χ2n) is 4.33. The van der Waals surface area contributed by atoms with Crippen molar-refractivity contribution in [3.63, 3.8) is 0 Å². The highest BCUT2D eigenvalue weighted by molar-refractivity contribution is 5.71. The minimum absolute atomic E-state index is 0.243. The number of nitrogens with two attached hydrogens (primary N) is 1. The molecule has 4 nitrogen and oxygen atoms in total. The predicted octanol–water partition coefficient (Wildman–Crippen LogP) is 2.57. The largest absolute Gasteiger partial charge is 0.481 e. The first-order valence-corrected chi connectivity index (χ1v) is 6.38. The third kappa shape index (κ3) is 5.26. The van der Waals surface area contributed by atoms with Crippen LogP contribution >= 0.6 is 0 Å². The molecule has 106 valence electrons. The molecule has 0 aliphatic heterocycles. The number of esters is 1. The molecular weight excluding hydrogens is 249 g/mol. The van der Waals surface area contributed by atoms with Gasteiger partial charge in [-0.25, -0.2) is 9.18 Å². The molecule has 0 aliphatic rings. The van der Waals surface area contributed by atoms with Gasteiger partial charge in [-0.15, -0.1) is 0 Å². The molecule has 0 bridgehead atoms. The van der Waals surface area contributed by atoms with Crippen molar-refractivity contribution >= 4 is 5.97 Å². The summed E-state index contributed by atoms with van der Waals surface area (Å²) in [6.45, 7) is 3.90. The zero-order chi connectivity index (χ0) is 14.3. The lowest BCUT2D eigenvalue weighted by molar-refractivity contribution is -0.146. The molecule has 0 aliphatic carbocycles. The maximum Gasteiger partial charge on any atom is 0.344 e. The molecule has 19 heavy (non-hydrogen) atoms. The first-order valence-electron chi connectivity index (χ1n) is 6.38. The van der Waals surface area contributed by atoms with Gasteiger partial charge in [-0.2, -0.15) is 0 Å². The molecule has 5 heteroatoms. The number of carbonyl (C=O) groups excluding carboxylic acids is 1. The van der Waals surface area contributed by atoms with Gasteiger partial charge >= 0.3 is 5.97 Å². The quantitative estimate of drug-likeness (QED) is 0.610. The SMILES string of the molecule is CCCCOC(=O)COc1cc(F)ccc1[C@@H](C)N. The summed E-state index contributed by atoms with van der Waals surface area (Å²) in [7, 11) is 0. The number of benzene rings is 1. The van der Waals surface area contributed by atoms with E-state index in [1.54, 1.807) is 13.0 Å². The fourth-order valence-corrected chi connectivity index (χ4v) is 1.52. The van der Waals surface area contributed by atoms with Crippen molar-refractivity contribution in [2.24, 2.45) is 5.73 Å². The van der Waals surface area contributed by atoms with Crippen LogP contribution in [0.5, 0.6) is 5.75 Å². The van der Waals surface area contributed by atoms with Crippen molar-refractivity contribution in [1.29, 1.82) is 0 Å². The lowest BCUT2D eigenvalue weighted by Gasteiger charge is -2.13. The first-order chi connectivity index (χ1) is 9.04. The van der Waals surface area contributed by atoms with Gasteiger partial charge in [0, 0.05) is 17.7 Å². The summed E-state index contributed by atoms with van der Waals surface area (Å²) in [5.41, 5.74) is 6.41. The van der Waals surface area contributed by atoms with E-state index in [0.29, 0.717) is 12.2 Å². The number of hydrogen-bond acceptors (Lipinski definition) is 4. The van der Waals surface area contributed by atoms with Gasteiger partial charge in [0.1, 0.15) is 11.6 Å². The van der Waals surface area contributed by atoms with Crippen LogP contribution in [0.1, 0.15) is 38.3 Å². The van der Waals surface area contributed by atoms with E-state index in [9.17, 15) is 9.18 Å². The smallest absolute Gasteiger partial charge is 0.344 e. The van der Waals surface area contributed by atoms with Crippen LogP contribution in [-0.4, -0.2) is 19.2 Å². The van der Waals surface area contributed by atoms with Gasteiger partial charge in [0.2, 0.25) is 0 Å². The molecule has 1 atom stereocenters.